The lowest BCUT2D eigenvalue weighted by Gasteiger charge is -2.12. The van der Waals surface area contributed by atoms with Crippen molar-refractivity contribution in [2.75, 3.05) is 17.7 Å². The Hall–Kier alpha value is -1.60. The summed E-state index contributed by atoms with van der Waals surface area (Å²) in [5.74, 6) is -0.469. The van der Waals surface area contributed by atoms with Crippen molar-refractivity contribution in [3.63, 3.8) is 0 Å². The third kappa shape index (κ3) is 6.01. The van der Waals surface area contributed by atoms with Gasteiger partial charge in [0.2, 0.25) is 5.91 Å². The van der Waals surface area contributed by atoms with Crippen LogP contribution in [0.5, 0.6) is 5.75 Å². The highest BCUT2D eigenvalue weighted by atomic mass is 35.5. The zero-order chi connectivity index (χ0) is 18.4. The second kappa shape index (κ2) is 9.20. The first-order valence-corrected chi connectivity index (χ1v) is 9.06. The number of thioether (sulfide) groups is 1. The van der Waals surface area contributed by atoms with E-state index < -0.39 is 11.8 Å². The molecule has 0 aliphatic heterocycles. The molecule has 2 aromatic carbocycles. The molecule has 9 heteroatoms. The molecule has 0 atom stereocenters. The summed E-state index contributed by atoms with van der Waals surface area (Å²) in [6, 6.07) is 9.93. The van der Waals surface area contributed by atoms with Gasteiger partial charge in [0.15, 0.2) is 6.61 Å². The monoisotopic (exact) mass is 418 g/mol. The summed E-state index contributed by atoms with van der Waals surface area (Å²) in [4.78, 5) is 23.7. The molecular formula is C16H13Cl3N2O3S. The van der Waals surface area contributed by atoms with E-state index in [-0.39, 0.29) is 28.2 Å². The van der Waals surface area contributed by atoms with Gasteiger partial charge in [0, 0.05) is 11.0 Å². The van der Waals surface area contributed by atoms with Gasteiger partial charge in [0.05, 0.1) is 26.5 Å². The molecule has 2 amide bonds. The van der Waals surface area contributed by atoms with Crippen molar-refractivity contribution in [1.82, 2.24) is 0 Å². The second-order valence-corrected chi connectivity index (χ2v) is 7.02. The number of halogens is 3. The first-order valence-electron chi connectivity index (χ1n) is 6.94. The predicted molar refractivity (Wildman–Crippen MR) is 102 cm³/mol. The fourth-order valence-electron chi connectivity index (χ4n) is 1.79. The Bertz CT molecular complexity index is 802. The summed E-state index contributed by atoms with van der Waals surface area (Å²) in [7, 11) is 0. The average molecular weight is 420 g/mol. The molecule has 25 heavy (non-hydrogen) atoms. The highest BCUT2D eigenvalue weighted by molar-refractivity contribution is 8.00. The highest BCUT2D eigenvalue weighted by Gasteiger charge is 2.11. The van der Waals surface area contributed by atoms with Crippen LogP contribution in [0.25, 0.3) is 0 Å². The SMILES string of the molecule is NC(=O)CSc1ccccc1NC(=O)COc1cc(Cl)c(Cl)cc1Cl. The van der Waals surface area contributed by atoms with Gasteiger partial charge < -0.3 is 15.8 Å². The Balaban J connectivity index is 1.99. The van der Waals surface area contributed by atoms with E-state index in [0.717, 1.165) is 4.90 Å². The van der Waals surface area contributed by atoms with E-state index in [0.29, 0.717) is 10.7 Å². The fraction of sp³-hybridized carbons (Fsp3) is 0.125. The highest BCUT2D eigenvalue weighted by Crippen LogP contribution is 2.34. The Morgan fingerprint density at radius 3 is 2.48 bits per heavy atom. The molecule has 0 fully saturated rings. The van der Waals surface area contributed by atoms with Crippen molar-refractivity contribution in [3.05, 3.63) is 51.5 Å². The van der Waals surface area contributed by atoms with Crippen molar-refractivity contribution in [2.24, 2.45) is 5.73 Å². The molecule has 0 aliphatic rings. The van der Waals surface area contributed by atoms with E-state index in [1.807, 2.05) is 0 Å². The number of hydrogen-bond acceptors (Lipinski definition) is 4. The normalized spacial score (nSPS) is 10.4. The zero-order valence-electron chi connectivity index (χ0n) is 12.7. The Morgan fingerprint density at radius 1 is 1.08 bits per heavy atom. The molecule has 3 N–H and O–H groups in total. The molecular weight excluding hydrogens is 407 g/mol. The number of carbonyl (C=O) groups excluding carboxylic acids is 2. The molecule has 0 aliphatic carbocycles. The van der Waals surface area contributed by atoms with Crippen LogP contribution in [0.15, 0.2) is 41.3 Å². The standard InChI is InChI=1S/C16H13Cl3N2O3S/c17-9-5-11(19)13(6-10(9)18)24-7-16(23)21-12-3-1-2-4-14(12)25-8-15(20)22/h1-6H,7-8H2,(H2,20,22)(H,21,23). The van der Waals surface area contributed by atoms with E-state index in [9.17, 15) is 9.59 Å². The quantitative estimate of drug-likeness (QED) is 0.519. The Labute approximate surface area is 163 Å². The molecule has 0 radical (unpaired) electrons. The lowest BCUT2D eigenvalue weighted by Crippen LogP contribution is -2.20. The first kappa shape index (κ1) is 19.7. The van der Waals surface area contributed by atoms with Crippen LogP contribution in [0, 0.1) is 0 Å². The lowest BCUT2D eigenvalue weighted by atomic mass is 10.3. The molecule has 2 aromatic rings. The van der Waals surface area contributed by atoms with Crippen LogP contribution in [-0.4, -0.2) is 24.2 Å². The first-order chi connectivity index (χ1) is 11.9. The summed E-state index contributed by atoms with van der Waals surface area (Å²) in [6.45, 7) is -0.271. The van der Waals surface area contributed by atoms with Gasteiger partial charge in [-0.1, -0.05) is 46.9 Å². The minimum atomic E-state index is -0.441. The predicted octanol–water partition coefficient (Wildman–Crippen LogP) is 4.24. The summed E-state index contributed by atoms with van der Waals surface area (Å²) < 4.78 is 5.38. The van der Waals surface area contributed by atoms with Crippen molar-refractivity contribution >= 4 is 64.1 Å². The summed E-state index contributed by atoms with van der Waals surface area (Å²) in [5, 5.41) is 3.53. The maximum Gasteiger partial charge on any atom is 0.262 e. The van der Waals surface area contributed by atoms with Gasteiger partial charge in [0.25, 0.3) is 5.91 Å². The molecule has 0 saturated carbocycles. The van der Waals surface area contributed by atoms with Gasteiger partial charge in [0.1, 0.15) is 5.75 Å². The van der Waals surface area contributed by atoms with Crippen LogP contribution in [0.3, 0.4) is 0 Å². The number of para-hydroxylation sites is 1. The molecule has 132 valence electrons. The lowest BCUT2D eigenvalue weighted by molar-refractivity contribution is -0.118. The summed E-state index contributed by atoms with van der Waals surface area (Å²) >= 11 is 19.0. The van der Waals surface area contributed by atoms with Crippen LogP contribution in [0.4, 0.5) is 5.69 Å². The molecule has 2 rings (SSSR count). The number of ether oxygens (including phenoxy) is 1. The number of nitrogens with two attached hydrogens (primary N) is 1. The van der Waals surface area contributed by atoms with Crippen LogP contribution >= 0.6 is 46.6 Å². The van der Waals surface area contributed by atoms with E-state index in [4.69, 9.17) is 45.3 Å². The van der Waals surface area contributed by atoms with Crippen molar-refractivity contribution in [3.8, 4) is 5.75 Å². The maximum atomic E-state index is 12.1. The molecule has 0 unspecified atom stereocenters. The molecule has 0 aromatic heterocycles. The largest absolute Gasteiger partial charge is 0.482 e. The number of primary amides is 1. The third-order valence-corrected chi connectivity index (χ3v) is 4.98. The number of rotatable bonds is 7. The van der Waals surface area contributed by atoms with Gasteiger partial charge in [-0.3, -0.25) is 9.59 Å². The number of carbonyl (C=O) groups is 2. The minimum Gasteiger partial charge on any atom is -0.482 e. The van der Waals surface area contributed by atoms with Crippen LogP contribution in [-0.2, 0) is 9.59 Å². The van der Waals surface area contributed by atoms with Gasteiger partial charge in [-0.05, 0) is 18.2 Å². The fourth-order valence-corrected chi connectivity index (χ4v) is 3.13. The van der Waals surface area contributed by atoms with Crippen LogP contribution < -0.4 is 15.8 Å². The van der Waals surface area contributed by atoms with E-state index in [1.165, 1.54) is 23.9 Å². The Kier molecular flexibility index (Phi) is 7.25. The van der Waals surface area contributed by atoms with E-state index >= 15 is 0 Å². The molecule has 0 heterocycles. The van der Waals surface area contributed by atoms with Crippen LogP contribution in [0.1, 0.15) is 0 Å². The van der Waals surface area contributed by atoms with Crippen molar-refractivity contribution < 1.29 is 14.3 Å². The third-order valence-electron chi connectivity index (χ3n) is 2.86. The Morgan fingerprint density at radius 2 is 1.76 bits per heavy atom. The molecule has 0 saturated heterocycles. The number of hydrogen-bond donors (Lipinski definition) is 2. The number of anilines is 1. The van der Waals surface area contributed by atoms with Gasteiger partial charge in [-0.2, -0.15) is 0 Å². The zero-order valence-corrected chi connectivity index (χ0v) is 15.8. The number of benzene rings is 2. The minimum absolute atomic E-state index is 0.113. The average Bonchev–Trinajstić information content (AvgIpc) is 2.56. The smallest absolute Gasteiger partial charge is 0.262 e. The summed E-state index contributed by atoms with van der Waals surface area (Å²) in [5.41, 5.74) is 5.70. The molecule has 0 bridgehead atoms. The number of nitrogens with one attached hydrogen (secondary N) is 1. The van der Waals surface area contributed by atoms with Gasteiger partial charge in [-0.15, -0.1) is 11.8 Å². The second-order valence-electron chi connectivity index (χ2n) is 4.78. The summed E-state index contributed by atoms with van der Waals surface area (Å²) in [6.07, 6.45) is 0. The van der Waals surface area contributed by atoms with Crippen LogP contribution in [0.2, 0.25) is 15.1 Å². The topological polar surface area (TPSA) is 81.4 Å². The van der Waals surface area contributed by atoms with Crippen molar-refractivity contribution in [1.29, 1.82) is 0 Å². The van der Waals surface area contributed by atoms with E-state index in [2.05, 4.69) is 5.32 Å². The van der Waals surface area contributed by atoms with Gasteiger partial charge in [-0.25, -0.2) is 0 Å². The maximum absolute atomic E-state index is 12.1. The van der Waals surface area contributed by atoms with Crippen molar-refractivity contribution in [2.45, 2.75) is 4.90 Å². The number of amides is 2. The van der Waals surface area contributed by atoms with E-state index in [1.54, 1.807) is 24.3 Å². The molecule has 5 nitrogen and oxygen atoms in total. The molecule has 0 spiro atoms. The van der Waals surface area contributed by atoms with Gasteiger partial charge >= 0.3 is 0 Å².